The van der Waals surface area contributed by atoms with E-state index in [4.69, 9.17) is 5.73 Å². The summed E-state index contributed by atoms with van der Waals surface area (Å²) in [6.07, 6.45) is 1.88. The highest BCUT2D eigenvalue weighted by atomic mass is 32.2. The summed E-state index contributed by atoms with van der Waals surface area (Å²) in [6, 6.07) is 4.61. The minimum Gasteiger partial charge on any atom is -0.384 e. The van der Waals surface area contributed by atoms with Crippen molar-refractivity contribution in [2.24, 2.45) is 0 Å². The van der Waals surface area contributed by atoms with E-state index in [1.54, 1.807) is 0 Å². The highest BCUT2D eigenvalue weighted by Crippen LogP contribution is 2.18. The summed E-state index contributed by atoms with van der Waals surface area (Å²) in [5.74, 6) is 3.08. The molecule has 1 aromatic rings. The molecule has 0 aromatic carbocycles. The number of anilines is 1. The first-order valence-electron chi connectivity index (χ1n) is 5.28. The van der Waals surface area contributed by atoms with Crippen molar-refractivity contribution in [3.63, 3.8) is 0 Å². The average Bonchev–Trinajstić information content (AvgIpc) is 2.25. The fourth-order valence-corrected chi connectivity index (χ4v) is 2.84. The van der Waals surface area contributed by atoms with Gasteiger partial charge in [0.15, 0.2) is 0 Å². The summed E-state index contributed by atoms with van der Waals surface area (Å²) >= 11 is 2.04. The molecule has 2 heterocycles. The first kappa shape index (κ1) is 10.8. The van der Waals surface area contributed by atoms with Crippen LogP contribution in [0.15, 0.2) is 18.3 Å². The number of aromatic nitrogens is 1. The lowest BCUT2D eigenvalue weighted by molar-refractivity contribution is 0.224. The van der Waals surface area contributed by atoms with Crippen LogP contribution in [-0.2, 0) is 6.54 Å². The molecule has 1 aromatic heterocycles. The minimum atomic E-state index is 0.598. The van der Waals surface area contributed by atoms with Crippen LogP contribution in [0.5, 0.6) is 0 Å². The molecule has 15 heavy (non-hydrogen) atoms. The first-order valence-corrected chi connectivity index (χ1v) is 6.43. The quantitative estimate of drug-likeness (QED) is 0.827. The molecule has 1 saturated heterocycles. The van der Waals surface area contributed by atoms with Crippen molar-refractivity contribution in [3.05, 3.63) is 23.9 Å². The number of rotatable bonds is 2. The van der Waals surface area contributed by atoms with Gasteiger partial charge in [-0.3, -0.25) is 4.90 Å². The lowest BCUT2D eigenvalue weighted by Crippen LogP contribution is -2.39. The molecule has 0 bridgehead atoms. The van der Waals surface area contributed by atoms with Gasteiger partial charge in [0.2, 0.25) is 0 Å². The number of nitrogens with two attached hydrogens (primary N) is 1. The zero-order valence-corrected chi connectivity index (χ0v) is 9.83. The molecule has 1 unspecified atom stereocenters. The topological polar surface area (TPSA) is 42.1 Å². The number of pyridine rings is 1. The fraction of sp³-hybridized carbons (Fsp3) is 0.545. The van der Waals surface area contributed by atoms with E-state index in [-0.39, 0.29) is 0 Å². The van der Waals surface area contributed by atoms with Gasteiger partial charge in [0.1, 0.15) is 5.82 Å². The molecule has 1 aliphatic heterocycles. The smallest absolute Gasteiger partial charge is 0.123 e. The third-order valence-corrected chi connectivity index (χ3v) is 3.93. The predicted octanol–water partition coefficient (Wildman–Crippen LogP) is 1.60. The monoisotopic (exact) mass is 223 g/mol. The summed E-state index contributed by atoms with van der Waals surface area (Å²) in [5, 5.41) is 0. The van der Waals surface area contributed by atoms with Gasteiger partial charge in [0, 0.05) is 36.8 Å². The van der Waals surface area contributed by atoms with Crippen LogP contribution in [-0.4, -0.2) is 34.0 Å². The second-order valence-corrected chi connectivity index (χ2v) is 5.14. The van der Waals surface area contributed by atoms with E-state index in [0.29, 0.717) is 11.9 Å². The van der Waals surface area contributed by atoms with Crippen LogP contribution in [0.25, 0.3) is 0 Å². The van der Waals surface area contributed by atoms with Gasteiger partial charge in [-0.15, -0.1) is 0 Å². The summed E-state index contributed by atoms with van der Waals surface area (Å²) in [6.45, 7) is 4.46. The Labute approximate surface area is 95.1 Å². The minimum absolute atomic E-state index is 0.598. The highest BCUT2D eigenvalue weighted by molar-refractivity contribution is 7.99. The largest absolute Gasteiger partial charge is 0.384 e. The Morgan fingerprint density at radius 3 is 3.13 bits per heavy atom. The van der Waals surface area contributed by atoms with Crippen LogP contribution in [0, 0.1) is 0 Å². The Hall–Kier alpha value is -0.740. The summed E-state index contributed by atoms with van der Waals surface area (Å²) in [4.78, 5) is 6.62. The number of nitrogen functional groups attached to an aromatic ring is 1. The van der Waals surface area contributed by atoms with E-state index in [9.17, 15) is 0 Å². The van der Waals surface area contributed by atoms with Crippen LogP contribution >= 0.6 is 11.8 Å². The standard InChI is InChI=1S/C11H17N3S/c1-9-8-15-5-4-14(9)7-10-2-3-11(12)13-6-10/h2-3,6,9H,4-5,7-8H2,1H3,(H2,12,13). The van der Waals surface area contributed by atoms with Crippen molar-refractivity contribution in [2.45, 2.75) is 19.5 Å². The van der Waals surface area contributed by atoms with Gasteiger partial charge < -0.3 is 5.73 Å². The SMILES string of the molecule is CC1CSCCN1Cc1ccc(N)nc1. The van der Waals surface area contributed by atoms with Crippen molar-refractivity contribution in [1.29, 1.82) is 0 Å². The third-order valence-electron chi connectivity index (χ3n) is 2.74. The fourth-order valence-electron chi connectivity index (χ4n) is 1.76. The predicted molar refractivity (Wildman–Crippen MR) is 65.8 cm³/mol. The van der Waals surface area contributed by atoms with Gasteiger partial charge in [-0.1, -0.05) is 6.07 Å². The van der Waals surface area contributed by atoms with Gasteiger partial charge in [0.25, 0.3) is 0 Å². The van der Waals surface area contributed by atoms with E-state index < -0.39 is 0 Å². The summed E-state index contributed by atoms with van der Waals surface area (Å²) in [7, 11) is 0. The normalized spacial score (nSPS) is 22.9. The Morgan fingerprint density at radius 1 is 1.60 bits per heavy atom. The number of nitrogens with zero attached hydrogens (tertiary/aromatic N) is 2. The highest BCUT2D eigenvalue weighted by Gasteiger charge is 2.18. The molecule has 0 spiro atoms. The molecule has 2 N–H and O–H groups in total. The number of thioether (sulfide) groups is 1. The van der Waals surface area contributed by atoms with Crippen molar-refractivity contribution < 1.29 is 0 Å². The van der Waals surface area contributed by atoms with Crippen LogP contribution < -0.4 is 5.73 Å². The van der Waals surface area contributed by atoms with E-state index in [1.165, 1.54) is 23.6 Å². The molecule has 0 radical (unpaired) electrons. The van der Waals surface area contributed by atoms with Crippen molar-refractivity contribution in [1.82, 2.24) is 9.88 Å². The van der Waals surface area contributed by atoms with Gasteiger partial charge in [-0.25, -0.2) is 4.98 Å². The second-order valence-electron chi connectivity index (χ2n) is 3.99. The zero-order chi connectivity index (χ0) is 10.7. The van der Waals surface area contributed by atoms with Gasteiger partial charge in [-0.05, 0) is 18.6 Å². The second kappa shape index (κ2) is 4.86. The van der Waals surface area contributed by atoms with Gasteiger partial charge in [0.05, 0.1) is 0 Å². The molecule has 1 aliphatic rings. The number of hydrogen-bond donors (Lipinski definition) is 1. The van der Waals surface area contributed by atoms with E-state index in [1.807, 2.05) is 24.0 Å². The van der Waals surface area contributed by atoms with E-state index in [2.05, 4.69) is 22.9 Å². The van der Waals surface area contributed by atoms with Crippen molar-refractivity contribution >= 4 is 17.6 Å². The van der Waals surface area contributed by atoms with Crippen molar-refractivity contribution in [3.8, 4) is 0 Å². The molecule has 82 valence electrons. The van der Waals surface area contributed by atoms with Crippen LogP contribution in [0.4, 0.5) is 5.82 Å². The maximum Gasteiger partial charge on any atom is 0.123 e. The third kappa shape index (κ3) is 2.86. The average molecular weight is 223 g/mol. The Balaban J connectivity index is 1.98. The molecule has 1 fully saturated rings. The molecule has 0 saturated carbocycles. The zero-order valence-electron chi connectivity index (χ0n) is 9.02. The Bertz CT molecular complexity index is 312. The van der Waals surface area contributed by atoms with Crippen LogP contribution in [0.1, 0.15) is 12.5 Å². The Kier molecular flexibility index (Phi) is 3.49. The van der Waals surface area contributed by atoms with Gasteiger partial charge in [-0.2, -0.15) is 11.8 Å². The van der Waals surface area contributed by atoms with Gasteiger partial charge >= 0.3 is 0 Å². The lowest BCUT2D eigenvalue weighted by atomic mass is 10.2. The molecule has 0 amide bonds. The molecule has 2 rings (SSSR count). The lowest BCUT2D eigenvalue weighted by Gasteiger charge is -2.32. The molecular formula is C11H17N3S. The summed E-state index contributed by atoms with van der Waals surface area (Å²) in [5.41, 5.74) is 6.81. The van der Waals surface area contributed by atoms with E-state index >= 15 is 0 Å². The Morgan fingerprint density at radius 2 is 2.47 bits per heavy atom. The van der Waals surface area contributed by atoms with Crippen LogP contribution in [0.2, 0.25) is 0 Å². The van der Waals surface area contributed by atoms with E-state index in [0.717, 1.165) is 6.54 Å². The molecule has 3 nitrogen and oxygen atoms in total. The maximum absolute atomic E-state index is 5.56. The van der Waals surface area contributed by atoms with Crippen molar-refractivity contribution in [2.75, 3.05) is 23.8 Å². The van der Waals surface area contributed by atoms with Crippen LogP contribution in [0.3, 0.4) is 0 Å². The summed E-state index contributed by atoms with van der Waals surface area (Å²) < 4.78 is 0. The molecule has 4 heteroatoms. The maximum atomic E-state index is 5.56. The molecule has 0 aliphatic carbocycles. The number of hydrogen-bond acceptors (Lipinski definition) is 4. The molecular weight excluding hydrogens is 206 g/mol. The first-order chi connectivity index (χ1) is 7.25. The molecule has 1 atom stereocenters.